The molecule has 11 heteroatoms. The van der Waals surface area contributed by atoms with Crippen molar-refractivity contribution in [2.75, 3.05) is 22.6 Å². The lowest BCUT2D eigenvalue weighted by atomic mass is 10.2. The maximum Gasteiger partial charge on any atom is 0.359 e. The van der Waals surface area contributed by atoms with E-state index in [1.165, 1.54) is 37.3 Å². The number of nitrogens with one attached hydrogen (secondary N) is 1. The van der Waals surface area contributed by atoms with Crippen molar-refractivity contribution in [2.24, 2.45) is 10.8 Å². The topological polar surface area (TPSA) is 123 Å². The zero-order valence-electron chi connectivity index (χ0n) is 20.1. The van der Waals surface area contributed by atoms with Gasteiger partial charge in [0.2, 0.25) is 0 Å². The lowest BCUT2D eigenvalue weighted by molar-refractivity contribution is -0.384. The molecule has 3 aromatic carbocycles. The fourth-order valence-electron chi connectivity index (χ4n) is 3.33. The van der Waals surface area contributed by atoms with Gasteiger partial charge in [-0.3, -0.25) is 10.1 Å². The van der Waals surface area contributed by atoms with Crippen molar-refractivity contribution in [3.8, 4) is 0 Å². The van der Waals surface area contributed by atoms with Crippen molar-refractivity contribution in [1.82, 2.24) is 0 Å². The summed E-state index contributed by atoms with van der Waals surface area (Å²) in [5.74, 6) is -0.560. The highest BCUT2D eigenvalue weighted by atomic mass is 32.2. The van der Waals surface area contributed by atoms with Gasteiger partial charge in [0.25, 0.3) is 5.69 Å². The summed E-state index contributed by atoms with van der Waals surface area (Å²) in [6.45, 7) is 5.22. The molecular formula is C26H26FN5O4S. The predicted octanol–water partition coefficient (Wildman–Crippen LogP) is 5.29. The third kappa shape index (κ3) is 7.55. The molecule has 0 spiro atoms. The summed E-state index contributed by atoms with van der Waals surface area (Å²) in [6.07, 6.45) is 0. The van der Waals surface area contributed by atoms with Gasteiger partial charge < -0.3 is 15.8 Å². The molecule has 0 aliphatic carbocycles. The molecule has 3 rings (SSSR count). The molecular weight excluding hydrogens is 497 g/mol. The standard InChI is InChI=1S/C26H26FN5O4S/c1-18(28)25(31(29-2)21-11-9-20(27)10-12-21)26(33)36-17-19-8-13-23(24(16-19)32(34)35)30-14-15-37-22-6-4-3-5-7-22/h3-13,16,30H,2,14-15,17,28H2,1H3/b25-18-. The Morgan fingerprint density at radius 2 is 1.89 bits per heavy atom. The van der Waals surface area contributed by atoms with Gasteiger partial charge in [-0.15, -0.1) is 11.8 Å². The summed E-state index contributed by atoms with van der Waals surface area (Å²) in [5.41, 5.74) is 6.89. The van der Waals surface area contributed by atoms with Crippen LogP contribution in [-0.4, -0.2) is 29.9 Å². The Balaban J connectivity index is 1.66. The number of rotatable bonds is 12. The van der Waals surface area contributed by atoms with Gasteiger partial charge in [0.1, 0.15) is 18.1 Å². The van der Waals surface area contributed by atoms with E-state index in [-0.39, 0.29) is 23.7 Å². The van der Waals surface area contributed by atoms with Crippen LogP contribution >= 0.6 is 11.8 Å². The number of halogens is 1. The maximum absolute atomic E-state index is 13.3. The number of carbonyl (C=O) groups excluding carboxylic acids is 1. The van der Waals surface area contributed by atoms with Gasteiger partial charge in [-0.1, -0.05) is 24.3 Å². The number of ether oxygens (including phenoxy) is 1. The van der Waals surface area contributed by atoms with E-state index in [0.717, 1.165) is 15.7 Å². The predicted molar refractivity (Wildman–Crippen MR) is 144 cm³/mol. The molecule has 9 nitrogen and oxygen atoms in total. The number of nitro benzene ring substituents is 1. The summed E-state index contributed by atoms with van der Waals surface area (Å²) >= 11 is 1.64. The smallest absolute Gasteiger partial charge is 0.359 e. The van der Waals surface area contributed by atoms with E-state index in [4.69, 9.17) is 10.5 Å². The minimum absolute atomic E-state index is 0.0978. The van der Waals surface area contributed by atoms with E-state index in [1.807, 2.05) is 30.3 Å². The zero-order valence-corrected chi connectivity index (χ0v) is 20.9. The monoisotopic (exact) mass is 523 g/mol. The molecule has 0 saturated carbocycles. The van der Waals surface area contributed by atoms with Crippen LogP contribution in [0.2, 0.25) is 0 Å². The molecule has 3 aromatic rings. The lowest BCUT2D eigenvalue weighted by Gasteiger charge is -2.21. The fourth-order valence-corrected chi connectivity index (χ4v) is 4.12. The Kier molecular flexibility index (Phi) is 9.61. The first kappa shape index (κ1) is 27.2. The van der Waals surface area contributed by atoms with Crippen molar-refractivity contribution in [1.29, 1.82) is 0 Å². The van der Waals surface area contributed by atoms with Gasteiger partial charge in [0, 0.05) is 35.7 Å². The molecule has 3 N–H and O–H groups in total. The van der Waals surface area contributed by atoms with Crippen LogP contribution < -0.4 is 16.1 Å². The van der Waals surface area contributed by atoms with Crippen LogP contribution in [0.25, 0.3) is 0 Å². The SMILES string of the molecule is C=NN(/C(C(=O)OCc1ccc(NCCSc2ccccc2)c([N+](=O)[O-])c1)=C(/C)N)c1ccc(F)cc1. The second kappa shape index (κ2) is 13.1. The number of thioether (sulfide) groups is 1. The van der Waals surface area contributed by atoms with Crippen LogP contribution in [0.1, 0.15) is 12.5 Å². The molecule has 0 amide bonds. The largest absolute Gasteiger partial charge is 0.456 e. The average molecular weight is 524 g/mol. The van der Waals surface area contributed by atoms with Crippen LogP contribution in [0.5, 0.6) is 0 Å². The first-order chi connectivity index (χ1) is 17.8. The Hall–Kier alpha value is -4.38. The van der Waals surface area contributed by atoms with Crippen LogP contribution in [0.4, 0.5) is 21.5 Å². The molecule has 0 heterocycles. The van der Waals surface area contributed by atoms with Crippen molar-refractivity contribution < 1.29 is 18.8 Å². The number of benzene rings is 3. The number of hydrogen-bond acceptors (Lipinski definition) is 9. The highest BCUT2D eigenvalue weighted by Gasteiger charge is 2.23. The Labute approximate surface area is 218 Å². The second-order valence-corrected chi connectivity index (χ2v) is 8.90. The fraction of sp³-hybridized carbons (Fsp3) is 0.154. The minimum atomic E-state index is -0.820. The number of esters is 1. The Bertz CT molecular complexity index is 1280. The van der Waals surface area contributed by atoms with Crippen LogP contribution in [0, 0.1) is 15.9 Å². The number of hydrogen-bond donors (Lipinski definition) is 2. The summed E-state index contributed by atoms with van der Waals surface area (Å²) in [7, 11) is 0. The number of nitrogens with two attached hydrogens (primary N) is 1. The Morgan fingerprint density at radius 3 is 2.51 bits per heavy atom. The molecule has 0 bridgehead atoms. The molecule has 0 saturated heterocycles. The molecule has 0 radical (unpaired) electrons. The van der Waals surface area contributed by atoms with E-state index in [9.17, 15) is 19.3 Å². The molecule has 0 unspecified atom stereocenters. The molecule has 0 aliphatic rings. The lowest BCUT2D eigenvalue weighted by Crippen LogP contribution is -2.27. The van der Waals surface area contributed by atoms with Gasteiger partial charge >= 0.3 is 5.97 Å². The number of allylic oxidation sites excluding steroid dienone is 1. The number of nitro groups is 1. The first-order valence-electron chi connectivity index (χ1n) is 11.1. The van der Waals surface area contributed by atoms with Crippen molar-refractivity contribution in [3.63, 3.8) is 0 Å². The van der Waals surface area contributed by atoms with Crippen molar-refractivity contribution in [2.45, 2.75) is 18.4 Å². The summed E-state index contributed by atoms with van der Waals surface area (Å²) in [4.78, 5) is 25.1. The molecule has 37 heavy (non-hydrogen) atoms. The van der Waals surface area contributed by atoms with Crippen LogP contribution in [-0.2, 0) is 16.1 Å². The quantitative estimate of drug-likeness (QED) is 0.0624. The summed E-state index contributed by atoms with van der Waals surface area (Å²) in [6, 6.07) is 19.6. The van der Waals surface area contributed by atoms with Crippen LogP contribution in [0.3, 0.4) is 0 Å². The van der Waals surface area contributed by atoms with E-state index in [2.05, 4.69) is 17.1 Å². The van der Waals surface area contributed by atoms with E-state index < -0.39 is 16.7 Å². The van der Waals surface area contributed by atoms with Crippen molar-refractivity contribution in [3.05, 3.63) is 106 Å². The molecule has 0 atom stereocenters. The number of nitrogens with zero attached hydrogens (tertiary/aromatic N) is 3. The van der Waals surface area contributed by atoms with E-state index >= 15 is 0 Å². The third-order valence-electron chi connectivity index (χ3n) is 5.05. The third-order valence-corrected chi connectivity index (χ3v) is 6.06. The number of hydrazone groups is 1. The van der Waals surface area contributed by atoms with Gasteiger partial charge in [-0.2, -0.15) is 5.10 Å². The first-order valence-corrected chi connectivity index (χ1v) is 12.1. The van der Waals surface area contributed by atoms with E-state index in [1.54, 1.807) is 23.9 Å². The van der Waals surface area contributed by atoms with Gasteiger partial charge in [0.15, 0.2) is 5.70 Å². The van der Waals surface area contributed by atoms with E-state index in [0.29, 0.717) is 23.5 Å². The highest BCUT2D eigenvalue weighted by Crippen LogP contribution is 2.27. The van der Waals surface area contributed by atoms with Gasteiger partial charge in [-0.25, -0.2) is 14.2 Å². The normalized spacial score (nSPS) is 11.3. The second-order valence-electron chi connectivity index (χ2n) is 7.73. The maximum atomic E-state index is 13.3. The highest BCUT2D eigenvalue weighted by molar-refractivity contribution is 7.99. The summed E-state index contributed by atoms with van der Waals surface area (Å²) in [5, 5.41) is 19.7. The van der Waals surface area contributed by atoms with Gasteiger partial charge in [-0.05, 0) is 55.0 Å². The minimum Gasteiger partial charge on any atom is -0.456 e. The van der Waals surface area contributed by atoms with Crippen molar-refractivity contribution >= 4 is 41.5 Å². The zero-order chi connectivity index (χ0) is 26.8. The number of carbonyl (C=O) groups is 1. The number of anilines is 2. The molecule has 192 valence electrons. The average Bonchev–Trinajstić information content (AvgIpc) is 2.89. The molecule has 0 fully saturated rings. The Morgan fingerprint density at radius 1 is 1.19 bits per heavy atom. The van der Waals surface area contributed by atoms with Gasteiger partial charge in [0.05, 0.1) is 10.6 Å². The summed E-state index contributed by atoms with van der Waals surface area (Å²) < 4.78 is 18.7. The van der Waals surface area contributed by atoms with Crippen LogP contribution in [0.15, 0.2) is 94.2 Å². The molecule has 0 aromatic heterocycles. The molecule has 0 aliphatic heterocycles.